The molecule has 0 aromatic rings. The Morgan fingerprint density at radius 1 is 1.47 bits per heavy atom. The second-order valence-corrected chi connectivity index (χ2v) is 5.77. The van der Waals surface area contributed by atoms with Gasteiger partial charge in [-0.1, -0.05) is 26.7 Å². The highest BCUT2D eigenvalue weighted by molar-refractivity contribution is 5.83. The van der Waals surface area contributed by atoms with Crippen molar-refractivity contribution in [1.29, 1.82) is 0 Å². The molecule has 17 heavy (non-hydrogen) atoms. The van der Waals surface area contributed by atoms with Gasteiger partial charge in [0.15, 0.2) is 0 Å². The van der Waals surface area contributed by atoms with E-state index in [1.54, 1.807) is 0 Å². The van der Waals surface area contributed by atoms with Crippen molar-refractivity contribution in [3.63, 3.8) is 0 Å². The first kappa shape index (κ1) is 12.9. The van der Waals surface area contributed by atoms with E-state index in [1.807, 2.05) is 0 Å². The van der Waals surface area contributed by atoms with Gasteiger partial charge in [0.25, 0.3) is 0 Å². The number of hydrogen-bond acceptors (Lipinski definition) is 2. The molecule has 1 amide bonds. The molecule has 0 aliphatic carbocycles. The van der Waals surface area contributed by atoms with Crippen molar-refractivity contribution in [3.8, 4) is 0 Å². The van der Waals surface area contributed by atoms with Crippen LogP contribution in [0.3, 0.4) is 0 Å². The van der Waals surface area contributed by atoms with Crippen LogP contribution in [0.5, 0.6) is 0 Å². The van der Waals surface area contributed by atoms with Crippen LogP contribution in [0.15, 0.2) is 0 Å². The van der Waals surface area contributed by atoms with Crippen LogP contribution >= 0.6 is 0 Å². The average molecular weight is 238 g/mol. The largest absolute Gasteiger partial charge is 0.342 e. The predicted octanol–water partition coefficient (Wildman–Crippen LogP) is 2.02. The first-order valence-electron chi connectivity index (χ1n) is 7.22. The molecular formula is C14H26N2O. The minimum Gasteiger partial charge on any atom is -0.342 e. The number of likely N-dealkylation sites (tertiary alicyclic amines) is 1. The Bertz CT molecular complexity index is 271. The maximum absolute atomic E-state index is 12.7. The van der Waals surface area contributed by atoms with Crippen LogP contribution in [-0.4, -0.2) is 37.0 Å². The van der Waals surface area contributed by atoms with Gasteiger partial charge < -0.3 is 10.2 Å². The molecule has 0 aromatic heterocycles. The van der Waals surface area contributed by atoms with Crippen molar-refractivity contribution < 1.29 is 4.79 Å². The minimum atomic E-state index is -0.0720. The lowest BCUT2D eigenvalue weighted by Crippen LogP contribution is -2.44. The summed E-state index contributed by atoms with van der Waals surface area (Å²) in [5.74, 6) is 1.17. The van der Waals surface area contributed by atoms with E-state index in [4.69, 9.17) is 0 Å². The number of rotatable bonds is 4. The summed E-state index contributed by atoms with van der Waals surface area (Å²) in [7, 11) is 0. The van der Waals surface area contributed by atoms with Gasteiger partial charge in [0.1, 0.15) is 0 Å². The maximum atomic E-state index is 12.7. The molecular weight excluding hydrogens is 212 g/mol. The molecule has 2 fully saturated rings. The van der Waals surface area contributed by atoms with Crippen molar-refractivity contribution in [2.45, 2.75) is 46.0 Å². The Balaban J connectivity index is 2.02. The third-order valence-corrected chi connectivity index (χ3v) is 4.58. The summed E-state index contributed by atoms with van der Waals surface area (Å²) in [6, 6.07) is 0. The van der Waals surface area contributed by atoms with Crippen molar-refractivity contribution in [3.05, 3.63) is 0 Å². The van der Waals surface area contributed by atoms with Gasteiger partial charge in [-0.05, 0) is 31.7 Å². The predicted molar refractivity (Wildman–Crippen MR) is 69.8 cm³/mol. The standard InChI is InChI=1S/C14H26N2O/c1-3-6-14(7-8-15-11-14)13(17)16-9-5-12(4-2)10-16/h12,15H,3-11H2,1-2H3. The number of carbonyl (C=O) groups is 1. The van der Waals surface area contributed by atoms with Crippen LogP contribution in [0, 0.1) is 11.3 Å². The molecule has 3 nitrogen and oxygen atoms in total. The topological polar surface area (TPSA) is 32.3 Å². The van der Waals surface area contributed by atoms with Crippen molar-refractivity contribution >= 4 is 5.91 Å². The molecule has 0 radical (unpaired) electrons. The van der Waals surface area contributed by atoms with Crippen LogP contribution < -0.4 is 5.32 Å². The van der Waals surface area contributed by atoms with Gasteiger partial charge in [0, 0.05) is 19.6 Å². The van der Waals surface area contributed by atoms with Crippen LogP contribution in [-0.2, 0) is 4.79 Å². The van der Waals surface area contributed by atoms with E-state index in [1.165, 1.54) is 12.8 Å². The van der Waals surface area contributed by atoms with E-state index in [0.29, 0.717) is 5.91 Å². The Hall–Kier alpha value is -0.570. The van der Waals surface area contributed by atoms with E-state index in [9.17, 15) is 4.79 Å². The van der Waals surface area contributed by atoms with E-state index in [2.05, 4.69) is 24.1 Å². The summed E-state index contributed by atoms with van der Waals surface area (Å²) in [6.07, 6.45) is 5.61. The number of amides is 1. The highest BCUT2D eigenvalue weighted by Crippen LogP contribution is 2.35. The van der Waals surface area contributed by atoms with Crippen molar-refractivity contribution in [1.82, 2.24) is 10.2 Å². The second-order valence-electron chi connectivity index (χ2n) is 5.77. The van der Waals surface area contributed by atoms with Gasteiger partial charge in [-0.3, -0.25) is 4.79 Å². The lowest BCUT2D eigenvalue weighted by atomic mass is 9.81. The number of nitrogens with zero attached hydrogens (tertiary/aromatic N) is 1. The Kier molecular flexibility index (Phi) is 4.08. The molecule has 2 aliphatic rings. The zero-order chi connectivity index (χ0) is 12.3. The van der Waals surface area contributed by atoms with Gasteiger partial charge in [0.05, 0.1) is 5.41 Å². The SMILES string of the molecule is CCCC1(C(=O)N2CCC(CC)C2)CCNC1. The summed E-state index contributed by atoms with van der Waals surface area (Å²) < 4.78 is 0. The summed E-state index contributed by atoms with van der Waals surface area (Å²) in [5, 5.41) is 3.38. The molecule has 1 N–H and O–H groups in total. The maximum Gasteiger partial charge on any atom is 0.230 e. The van der Waals surface area contributed by atoms with Crippen molar-refractivity contribution in [2.75, 3.05) is 26.2 Å². The summed E-state index contributed by atoms with van der Waals surface area (Å²) >= 11 is 0. The van der Waals surface area contributed by atoms with E-state index >= 15 is 0 Å². The highest BCUT2D eigenvalue weighted by Gasteiger charge is 2.43. The molecule has 3 heteroatoms. The normalized spacial score (nSPS) is 33.3. The fourth-order valence-electron chi connectivity index (χ4n) is 3.41. The van der Waals surface area contributed by atoms with E-state index in [0.717, 1.165) is 51.4 Å². The van der Waals surface area contributed by atoms with Gasteiger partial charge in [-0.2, -0.15) is 0 Å². The van der Waals surface area contributed by atoms with E-state index < -0.39 is 0 Å². The van der Waals surface area contributed by atoms with Crippen LogP contribution in [0.1, 0.15) is 46.0 Å². The summed E-state index contributed by atoms with van der Waals surface area (Å²) in [6.45, 7) is 8.32. The lowest BCUT2D eigenvalue weighted by molar-refractivity contribution is -0.140. The monoisotopic (exact) mass is 238 g/mol. The summed E-state index contributed by atoms with van der Waals surface area (Å²) in [5.41, 5.74) is -0.0720. The third-order valence-electron chi connectivity index (χ3n) is 4.58. The fraction of sp³-hybridized carbons (Fsp3) is 0.929. The summed E-state index contributed by atoms with van der Waals surface area (Å²) in [4.78, 5) is 14.8. The molecule has 2 aliphatic heterocycles. The Labute approximate surface area is 105 Å². The highest BCUT2D eigenvalue weighted by atomic mass is 16.2. The second kappa shape index (κ2) is 5.38. The molecule has 0 spiro atoms. The molecule has 2 heterocycles. The molecule has 2 saturated heterocycles. The molecule has 0 saturated carbocycles. The van der Waals surface area contributed by atoms with Crippen LogP contribution in [0.2, 0.25) is 0 Å². The van der Waals surface area contributed by atoms with Gasteiger partial charge >= 0.3 is 0 Å². The van der Waals surface area contributed by atoms with Crippen LogP contribution in [0.25, 0.3) is 0 Å². The molecule has 2 unspecified atom stereocenters. The number of hydrogen-bond donors (Lipinski definition) is 1. The van der Waals surface area contributed by atoms with Gasteiger partial charge in [-0.25, -0.2) is 0 Å². The molecule has 98 valence electrons. The zero-order valence-corrected chi connectivity index (χ0v) is 11.3. The minimum absolute atomic E-state index is 0.0720. The molecule has 0 aromatic carbocycles. The number of nitrogens with one attached hydrogen (secondary N) is 1. The van der Waals surface area contributed by atoms with E-state index in [-0.39, 0.29) is 5.41 Å². The van der Waals surface area contributed by atoms with Gasteiger partial charge in [-0.15, -0.1) is 0 Å². The van der Waals surface area contributed by atoms with Gasteiger partial charge in [0.2, 0.25) is 5.91 Å². The molecule has 0 bridgehead atoms. The number of carbonyl (C=O) groups excluding carboxylic acids is 1. The quantitative estimate of drug-likeness (QED) is 0.812. The first-order valence-corrected chi connectivity index (χ1v) is 7.22. The smallest absolute Gasteiger partial charge is 0.230 e. The van der Waals surface area contributed by atoms with Crippen LogP contribution in [0.4, 0.5) is 0 Å². The fourth-order valence-corrected chi connectivity index (χ4v) is 3.41. The molecule has 2 atom stereocenters. The first-order chi connectivity index (χ1) is 8.22. The third kappa shape index (κ3) is 2.49. The molecule has 2 rings (SSSR count). The lowest BCUT2D eigenvalue weighted by Gasteiger charge is -2.31. The zero-order valence-electron chi connectivity index (χ0n) is 11.3. The Morgan fingerprint density at radius 3 is 2.82 bits per heavy atom. The van der Waals surface area contributed by atoms with Crippen molar-refractivity contribution in [2.24, 2.45) is 11.3 Å². The Morgan fingerprint density at radius 2 is 2.29 bits per heavy atom. The average Bonchev–Trinajstić information content (AvgIpc) is 2.97.